The molecule has 222 valence electrons. The molecule has 1 aromatic heterocycles. The number of thiocarbonyl (C=S) groups is 1. The van der Waals surface area contributed by atoms with Crippen LogP contribution in [0.3, 0.4) is 0 Å². The molecule has 1 aliphatic heterocycles. The Labute approximate surface area is 266 Å². The number of carbonyl (C=O) groups is 2. The average Bonchev–Trinajstić information content (AvgIpc) is 3.35. The predicted octanol–water partition coefficient (Wildman–Crippen LogP) is 7.41. The smallest absolute Gasteiger partial charge is 0.341 e. The molecule has 0 spiro atoms. The van der Waals surface area contributed by atoms with E-state index in [1.165, 1.54) is 28.7 Å². The minimum absolute atomic E-state index is 0.171. The van der Waals surface area contributed by atoms with Gasteiger partial charge in [0.15, 0.2) is 5.11 Å². The molecular weight excluding hydrogens is 597 g/mol. The van der Waals surface area contributed by atoms with Crippen molar-refractivity contribution in [1.29, 1.82) is 0 Å². The number of thiophene rings is 1. The number of amides is 1. The third kappa shape index (κ3) is 8.23. The van der Waals surface area contributed by atoms with Crippen LogP contribution in [-0.4, -0.2) is 40.3 Å². The molecule has 7 nitrogen and oxygen atoms in total. The van der Waals surface area contributed by atoms with Crippen molar-refractivity contribution in [2.75, 3.05) is 29.1 Å². The topological polar surface area (TPSA) is 82.7 Å². The minimum atomic E-state index is -0.409. The molecule has 1 amide bonds. The molecule has 0 fully saturated rings. The normalized spacial score (nSPS) is 13.4. The van der Waals surface area contributed by atoms with Gasteiger partial charge in [-0.2, -0.15) is 0 Å². The first-order chi connectivity index (χ1) is 20.9. The van der Waals surface area contributed by atoms with Gasteiger partial charge >= 0.3 is 5.97 Å². The van der Waals surface area contributed by atoms with E-state index in [4.69, 9.17) is 17.0 Å². The minimum Gasteiger partial charge on any atom is -0.462 e. The van der Waals surface area contributed by atoms with Crippen molar-refractivity contribution in [3.05, 3.63) is 106 Å². The Morgan fingerprint density at radius 3 is 2.42 bits per heavy atom. The standard InChI is InChI=1S/C33H34N4O3S3/c1-3-40-32(39)29-27-17-18-37(20-23-11-6-4-7-12-23)21-28(27)43-31(29)36-30(38)22(2)42-26-16-10-15-25(19-26)35-33(41)34-24-13-8-5-9-14-24/h4-16,19,22H,3,17-18,20-21H2,1-2H3,(H,36,38)(H2,34,35,41). The third-order valence-corrected chi connectivity index (χ3v) is 9.34. The molecule has 1 aliphatic rings. The van der Waals surface area contributed by atoms with Crippen LogP contribution in [0.1, 0.15) is 40.2 Å². The number of fused-ring (bicyclic) bond motifs is 1. The number of carbonyl (C=O) groups excluding carboxylic acids is 2. The first kappa shape index (κ1) is 30.7. The second-order valence-electron chi connectivity index (χ2n) is 10.1. The lowest BCUT2D eigenvalue weighted by molar-refractivity contribution is -0.115. The fraction of sp³-hybridized carbons (Fsp3) is 0.242. The van der Waals surface area contributed by atoms with Gasteiger partial charge in [0.05, 0.1) is 17.4 Å². The van der Waals surface area contributed by atoms with E-state index in [9.17, 15) is 9.59 Å². The molecule has 0 saturated carbocycles. The maximum Gasteiger partial charge on any atom is 0.341 e. The zero-order chi connectivity index (χ0) is 30.2. The summed E-state index contributed by atoms with van der Waals surface area (Å²) in [5.74, 6) is -0.555. The number of nitrogens with zero attached hydrogens (tertiary/aromatic N) is 1. The highest BCUT2D eigenvalue weighted by atomic mass is 32.2. The number of rotatable bonds is 10. The number of esters is 1. The summed E-state index contributed by atoms with van der Waals surface area (Å²) in [7, 11) is 0. The molecule has 1 unspecified atom stereocenters. The van der Waals surface area contributed by atoms with Crippen LogP contribution < -0.4 is 16.0 Å². The Balaban J connectivity index is 1.24. The van der Waals surface area contributed by atoms with Gasteiger partial charge in [0.2, 0.25) is 5.91 Å². The van der Waals surface area contributed by atoms with Crippen molar-refractivity contribution < 1.29 is 14.3 Å². The number of ether oxygens (including phenoxy) is 1. The summed E-state index contributed by atoms with van der Waals surface area (Å²) in [4.78, 5) is 30.8. The van der Waals surface area contributed by atoms with Crippen LogP contribution in [0.4, 0.5) is 16.4 Å². The molecule has 5 rings (SSSR count). The monoisotopic (exact) mass is 630 g/mol. The molecule has 43 heavy (non-hydrogen) atoms. The number of benzene rings is 3. The number of para-hydroxylation sites is 1. The van der Waals surface area contributed by atoms with Crippen LogP contribution in [0.2, 0.25) is 0 Å². The summed E-state index contributed by atoms with van der Waals surface area (Å²) < 4.78 is 5.41. The quantitative estimate of drug-likeness (QED) is 0.0950. The summed E-state index contributed by atoms with van der Waals surface area (Å²) >= 11 is 8.38. The number of hydrogen-bond donors (Lipinski definition) is 3. The summed E-state index contributed by atoms with van der Waals surface area (Å²) in [5, 5.41) is 10.1. The van der Waals surface area contributed by atoms with Gasteiger partial charge in [-0.15, -0.1) is 23.1 Å². The van der Waals surface area contributed by atoms with E-state index >= 15 is 0 Å². The number of thioether (sulfide) groups is 1. The van der Waals surface area contributed by atoms with Crippen molar-refractivity contribution in [2.24, 2.45) is 0 Å². The highest BCUT2D eigenvalue weighted by molar-refractivity contribution is 8.00. The molecule has 0 aliphatic carbocycles. The Hall–Kier alpha value is -3.70. The van der Waals surface area contributed by atoms with Crippen LogP contribution in [-0.2, 0) is 29.0 Å². The van der Waals surface area contributed by atoms with E-state index in [0.717, 1.165) is 52.8 Å². The fourth-order valence-electron chi connectivity index (χ4n) is 4.87. The number of hydrogen-bond acceptors (Lipinski definition) is 7. The third-order valence-electron chi connectivity index (χ3n) is 6.91. The van der Waals surface area contributed by atoms with Gasteiger partial charge in [0.1, 0.15) is 5.00 Å². The second kappa shape index (κ2) is 14.7. The van der Waals surface area contributed by atoms with Crippen molar-refractivity contribution >= 4 is 68.7 Å². The van der Waals surface area contributed by atoms with E-state index in [0.29, 0.717) is 15.7 Å². The molecule has 2 heterocycles. The maximum atomic E-state index is 13.4. The van der Waals surface area contributed by atoms with E-state index < -0.39 is 5.25 Å². The van der Waals surface area contributed by atoms with Gasteiger partial charge in [0, 0.05) is 40.8 Å². The Morgan fingerprint density at radius 2 is 1.67 bits per heavy atom. The Kier molecular flexibility index (Phi) is 10.5. The van der Waals surface area contributed by atoms with Gasteiger partial charge in [-0.1, -0.05) is 54.6 Å². The van der Waals surface area contributed by atoms with Crippen LogP contribution in [0.5, 0.6) is 0 Å². The van der Waals surface area contributed by atoms with Crippen molar-refractivity contribution in [3.8, 4) is 0 Å². The zero-order valence-electron chi connectivity index (χ0n) is 24.1. The highest BCUT2D eigenvalue weighted by Crippen LogP contribution is 2.38. The maximum absolute atomic E-state index is 13.4. The van der Waals surface area contributed by atoms with Gasteiger partial charge < -0.3 is 20.7 Å². The SMILES string of the molecule is CCOC(=O)c1c(NC(=O)C(C)Sc2cccc(NC(=S)Nc3ccccc3)c2)sc2c1CCN(Cc1ccccc1)C2. The molecular formula is C33H34N4O3S3. The number of nitrogens with one attached hydrogen (secondary N) is 3. The summed E-state index contributed by atoms with van der Waals surface area (Å²) in [6, 6.07) is 27.9. The highest BCUT2D eigenvalue weighted by Gasteiger charge is 2.30. The van der Waals surface area contributed by atoms with Gasteiger partial charge in [-0.3, -0.25) is 9.69 Å². The predicted molar refractivity (Wildman–Crippen MR) is 181 cm³/mol. The van der Waals surface area contributed by atoms with Crippen molar-refractivity contribution in [3.63, 3.8) is 0 Å². The van der Waals surface area contributed by atoms with E-state index in [1.54, 1.807) is 6.92 Å². The average molecular weight is 631 g/mol. The van der Waals surface area contributed by atoms with E-state index in [1.807, 2.05) is 79.7 Å². The van der Waals surface area contributed by atoms with Gasteiger partial charge in [0.25, 0.3) is 0 Å². The summed E-state index contributed by atoms with van der Waals surface area (Å²) in [5.41, 5.74) is 4.46. The fourth-order valence-corrected chi connectivity index (χ4v) is 7.32. The molecule has 0 bridgehead atoms. The molecule has 1 atom stereocenters. The van der Waals surface area contributed by atoms with Crippen molar-refractivity contribution in [1.82, 2.24) is 4.90 Å². The Bertz CT molecular complexity index is 1580. The molecule has 0 saturated heterocycles. The van der Waals surface area contributed by atoms with Crippen LogP contribution in [0.25, 0.3) is 0 Å². The second-order valence-corrected chi connectivity index (χ2v) is 13.0. The van der Waals surface area contributed by atoms with Gasteiger partial charge in [-0.25, -0.2) is 4.79 Å². The summed E-state index contributed by atoms with van der Waals surface area (Å²) in [6.07, 6.45) is 0.730. The Morgan fingerprint density at radius 1 is 0.977 bits per heavy atom. The van der Waals surface area contributed by atoms with E-state index in [2.05, 4.69) is 33.0 Å². The van der Waals surface area contributed by atoms with Crippen molar-refractivity contribution in [2.45, 2.75) is 43.5 Å². The van der Waals surface area contributed by atoms with Crippen LogP contribution in [0, 0.1) is 0 Å². The molecule has 3 aromatic carbocycles. The lowest BCUT2D eigenvalue weighted by Gasteiger charge is -2.27. The number of anilines is 3. The largest absolute Gasteiger partial charge is 0.462 e. The first-order valence-electron chi connectivity index (χ1n) is 14.2. The molecule has 10 heteroatoms. The molecule has 0 radical (unpaired) electrons. The summed E-state index contributed by atoms with van der Waals surface area (Å²) in [6.45, 7) is 6.33. The van der Waals surface area contributed by atoms with Crippen LogP contribution >= 0.6 is 35.3 Å². The van der Waals surface area contributed by atoms with E-state index in [-0.39, 0.29) is 18.5 Å². The zero-order valence-corrected chi connectivity index (χ0v) is 26.5. The molecule has 3 N–H and O–H groups in total. The first-order valence-corrected chi connectivity index (χ1v) is 16.3. The van der Waals surface area contributed by atoms with Crippen LogP contribution in [0.15, 0.2) is 89.8 Å². The van der Waals surface area contributed by atoms with Gasteiger partial charge in [-0.05, 0) is 73.9 Å². The lowest BCUT2D eigenvalue weighted by Crippen LogP contribution is -2.30. The lowest BCUT2D eigenvalue weighted by atomic mass is 10.0. The molecule has 4 aromatic rings.